The van der Waals surface area contributed by atoms with Gasteiger partial charge in [0.15, 0.2) is 23.0 Å². The molecule has 7 nitrogen and oxygen atoms in total. The topological polar surface area (TPSA) is 76.8 Å². The average Bonchev–Trinajstić information content (AvgIpc) is 3.23. The number of hydrogen-bond acceptors (Lipinski definition) is 5. The summed E-state index contributed by atoms with van der Waals surface area (Å²) in [7, 11) is 0. The van der Waals surface area contributed by atoms with E-state index >= 15 is 0 Å². The van der Waals surface area contributed by atoms with Crippen LogP contribution < -0.4 is 14.8 Å². The van der Waals surface area contributed by atoms with Gasteiger partial charge in [0, 0.05) is 31.8 Å². The van der Waals surface area contributed by atoms with Crippen molar-refractivity contribution in [1.82, 2.24) is 9.88 Å². The molecule has 4 rings (SSSR count). The summed E-state index contributed by atoms with van der Waals surface area (Å²) in [6.07, 6.45) is 0. The van der Waals surface area contributed by atoms with Gasteiger partial charge in [0.1, 0.15) is 5.52 Å². The van der Waals surface area contributed by atoms with Crippen LogP contribution in [0.15, 0.2) is 40.8 Å². The first kappa shape index (κ1) is 16.3. The number of ether oxygens (including phenoxy) is 2. The van der Waals surface area contributed by atoms with Crippen molar-refractivity contribution in [2.75, 3.05) is 18.7 Å². The normalized spacial score (nSPS) is 12.4. The number of amides is 2. The van der Waals surface area contributed by atoms with Crippen molar-refractivity contribution in [2.45, 2.75) is 20.4 Å². The molecule has 0 saturated heterocycles. The Bertz CT molecular complexity index is 967. The lowest BCUT2D eigenvalue weighted by atomic mass is 10.2. The summed E-state index contributed by atoms with van der Waals surface area (Å²) in [6, 6.07) is 11.0. The van der Waals surface area contributed by atoms with Crippen LogP contribution >= 0.6 is 0 Å². The molecule has 134 valence electrons. The fourth-order valence-corrected chi connectivity index (χ4v) is 2.91. The third kappa shape index (κ3) is 3.15. The molecular weight excluding hydrogens is 334 g/mol. The Balaban J connectivity index is 1.47. The highest BCUT2D eigenvalue weighted by molar-refractivity contribution is 5.91. The summed E-state index contributed by atoms with van der Waals surface area (Å²) in [5.74, 6) is 2.04. The Morgan fingerprint density at radius 1 is 1.19 bits per heavy atom. The van der Waals surface area contributed by atoms with Crippen LogP contribution in [0.2, 0.25) is 0 Å². The molecule has 0 aliphatic carbocycles. The highest BCUT2D eigenvalue weighted by Gasteiger charge is 2.17. The van der Waals surface area contributed by atoms with Crippen LogP contribution in [0.25, 0.3) is 11.1 Å². The predicted molar refractivity (Wildman–Crippen MR) is 96.4 cm³/mol. The fourth-order valence-electron chi connectivity index (χ4n) is 2.91. The SMILES string of the molecule is CCN(Cc1ccc2c(c1)OCO2)C(=O)Nc1ccc2nc(C)oc2c1. The largest absolute Gasteiger partial charge is 0.454 e. The van der Waals surface area contributed by atoms with E-state index in [2.05, 4.69) is 10.3 Å². The maximum Gasteiger partial charge on any atom is 0.322 e. The number of nitrogens with zero attached hydrogens (tertiary/aromatic N) is 2. The zero-order chi connectivity index (χ0) is 18.1. The number of carbonyl (C=O) groups is 1. The summed E-state index contributed by atoms with van der Waals surface area (Å²) >= 11 is 0. The van der Waals surface area contributed by atoms with Crippen LogP contribution in [0.3, 0.4) is 0 Å². The van der Waals surface area contributed by atoms with Crippen molar-refractivity contribution in [1.29, 1.82) is 0 Å². The number of rotatable bonds is 4. The zero-order valence-electron chi connectivity index (χ0n) is 14.6. The predicted octanol–water partition coefficient (Wildman–Crippen LogP) is 3.92. The number of anilines is 1. The van der Waals surface area contributed by atoms with Crippen LogP contribution in [-0.4, -0.2) is 29.3 Å². The van der Waals surface area contributed by atoms with Gasteiger partial charge in [-0.3, -0.25) is 0 Å². The summed E-state index contributed by atoms with van der Waals surface area (Å²) < 4.78 is 16.2. The minimum absolute atomic E-state index is 0.180. The monoisotopic (exact) mass is 353 g/mol. The summed E-state index contributed by atoms with van der Waals surface area (Å²) in [6.45, 7) is 5.02. The summed E-state index contributed by atoms with van der Waals surface area (Å²) in [5, 5.41) is 2.91. The molecule has 0 saturated carbocycles. The van der Waals surface area contributed by atoms with Gasteiger partial charge in [-0.15, -0.1) is 0 Å². The van der Waals surface area contributed by atoms with E-state index in [1.807, 2.05) is 37.3 Å². The molecule has 2 amide bonds. The van der Waals surface area contributed by atoms with Gasteiger partial charge in [0.2, 0.25) is 6.79 Å². The van der Waals surface area contributed by atoms with E-state index in [4.69, 9.17) is 13.9 Å². The molecular formula is C19H19N3O4. The highest BCUT2D eigenvalue weighted by atomic mass is 16.7. The van der Waals surface area contributed by atoms with Gasteiger partial charge in [0.05, 0.1) is 0 Å². The molecule has 0 radical (unpaired) electrons. The van der Waals surface area contributed by atoms with Crippen LogP contribution in [0.4, 0.5) is 10.5 Å². The molecule has 2 heterocycles. The van der Waals surface area contributed by atoms with Gasteiger partial charge in [0.25, 0.3) is 0 Å². The second-order valence-electron chi connectivity index (χ2n) is 6.05. The van der Waals surface area contributed by atoms with Crippen molar-refractivity contribution in [3.05, 3.63) is 47.9 Å². The minimum Gasteiger partial charge on any atom is -0.454 e. The number of aromatic nitrogens is 1. The Hall–Kier alpha value is -3.22. The molecule has 0 bridgehead atoms. The number of fused-ring (bicyclic) bond motifs is 2. The van der Waals surface area contributed by atoms with Crippen molar-refractivity contribution in [3.8, 4) is 11.5 Å². The number of oxazole rings is 1. The molecule has 0 unspecified atom stereocenters. The van der Waals surface area contributed by atoms with E-state index in [0.717, 1.165) is 16.8 Å². The van der Waals surface area contributed by atoms with Crippen LogP contribution in [0.5, 0.6) is 11.5 Å². The van der Waals surface area contributed by atoms with Gasteiger partial charge in [-0.1, -0.05) is 6.07 Å². The lowest BCUT2D eigenvalue weighted by molar-refractivity contribution is 0.174. The van der Waals surface area contributed by atoms with E-state index in [-0.39, 0.29) is 12.8 Å². The third-order valence-corrected chi connectivity index (χ3v) is 4.23. The quantitative estimate of drug-likeness (QED) is 0.769. The molecule has 0 atom stereocenters. The number of carbonyl (C=O) groups excluding carboxylic acids is 1. The molecule has 1 aliphatic heterocycles. The minimum atomic E-state index is -0.180. The Morgan fingerprint density at radius 2 is 2.04 bits per heavy atom. The summed E-state index contributed by atoms with van der Waals surface area (Å²) in [5.41, 5.74) is 3.07. The zero-order valence-corrected chi connectivity index (χ0v) is 14.6. The maximum absolute atomic E-state index is 12.6. The van der Waals surface area contributed by atoms with E-state index in [1.54, 1.807) is 17.9 Å². The van der Waals surface area contributed by atoms with Crippen molar-refractivity contribution < 1.29 is 18.7 Å². The smallest absolute Gasteiger partial charge is 0.322 e. The molecule has 1 aliphatic rings. The molecule has 2 aromatic carbocycles. The lowest BCUT2D eigenvalue weighted by Gasteiger charge is -2.21. The van der Waals surface area contributed by atoms with Crippen LogP contribution in [-0.2, 0) is 6.54 Å². The van der Waals surface area contributed by atoms with E-state index in [0.29, 0.717) is 36.0 Å². The molecule has 3 aromatic rings. The Kier molecular flexibility index (Phi) is 4.12. The first-order chi connectivity index (χ1) is 12.6. The number of nitrogens with one attached hydrogen (secondary N) is 1. The highest BCUT2D eigenvalue weighted by Crippen LogP contribution is 2.32. The van der Waals surface area contributed by atoms with E-state index in [1.165, 1.54) is 0 Å². The number of aryl methyl sites for hydroxylation is 1. The van der Waals surface area contributed by atoms with E-state index < -0.39 is 0 Å². The Morgan fingerprint density at radius 3 is 2.88 bits per heavy atom. The first-order valence-corrected chi connectivity index (χ1v) is 8.44. The maximum atomic E-state index is 12.6. The third-order valence-electron chi connectivity index (χ3n) is 4.23. The first-order valence-electron chi connectivity index (χ1n) is 8.44. The number of urea groups is 1. The van der Waals surface area contributed by atoms with Gasteiger partial charge in [-0.05, 0) is 36.8 Å². The molecule has 1 N–H and O–H groups in total. The number of benzene rings is 2. The molecule has 26 heavy (non-hydrogen) atoms. The van der Waals surface area contributed by atoms with Crippen LogP contribution in [0.1, 0.15) is 18.4 Å². The van der Waals surface area contributed by atoms with Crippen LogP contribution in [0, 0.1) is 6.92 Å². The summed E-state index contributed by atoms with van der Waals surface area (Å²) in [4.78, 5) is 18.6. The Labute approximate surface area is 150 Å². The van der Waals surface area contributed by atoms with Crippen molar-refractivity contribution in [3.63, 3.8) is 0 Å². The van der Waals surface area contributed by atoms with Gasteiger partial charge >= 0.3 is 6.03 Å². The second kappa shape index (κ2) is 6.59. The molecule has 0 fully saturated rings. The molecule has 1 aromatic heterocycles. The van der Waals surface area contributed by atoms with Gasteiger partial charge < -0.3 is 24.1 Å². The standard InChI is InChI=1S/C19H19N3O4/c1-3-22(10-13-4-7-16-18(8-13)25-11-24-16)19(23)21-14-5-6-15-17(9-14)26-12(2)20-15/h4-9H,3,10-11H2,1-2H3,(H,21,23). The van der Waals surface area contributed by atoms with Gasteiger partial charge in [-0.25, -0.2) is 9.78 Å². The second-order valence-corrected chi connectivity index (χ2v) is 6.05. The molecule has 0 spiro atoms. The fraction of sp³-hybridized carbons (Fsp3) is 0.263. The average molecular weight is 353 g/mol. The van der Waals surface area contributed by atoms with Crippen molar-refractivity contribution >= 4 is 22.8 Å². The lowest BCUT2D eigenvalue weighted by Crippen LogP contribution is -2.34. The number of hydrogen-bond donors (Lipinski definition) is 1. The molecule has 7 heteroatoms. The van der Waals surface area contributed by atoms with E-state index in [9.17, 15) is 4.79 Å². The van der Waals surface area contributed by atoms with Gasteiger partial charge in [-0.2, -0.15) is 0 Å². The van der Waals surface area contributed by atoms with Crippen molar-refractivity contribution in [2.24, 2.45) is 0 Å².